The van der Waals surface area contributed by atoms with Gasteiger partial charge in [0.05, 0.1) is 0 Å². The van der Waals surface area contributed by atoms with Crippen molar-refractivity contribution in [2.75, 3.05) is 0 Å². The summed E-state index contributed by atoms with van der Waals surface area (Å²) >= 11 is 0. The van der Waals surface area contributed by atoms with Crippen LogP contribution in [0.3, 0.4) is 0 Å². The molecular weight excluding hydrogens is 170 g/mol. The summed E-state index contributed by atoms with van der Waals surface area (Å²) in [5.41, 5.74) is 6.88. The normalized spacial score (nSPS) is 10.9. The van der Waals surface area contributed by atoms with Gasteiger partial charge in [-0.05, 0) is 24.5 Å². The number of hydrogen-bond donors (Lipinski definition) is 1. The summed E-state index contributed by atoms with van der Waals surface area (Å²) in [4.78, 5) is 0. The minimum atomic E-state index is -0.398. The molecule has 0 fully saturated rings. The fourth-order valence-corrected chi connectivity index (χ4v) is 1.52. The SMILES string of the molecule is C=CCC(N)(CC=C)c1[c]cccc1. The van der Waals surface area contributed by atoms with Gasteiger partial charge in [-0.3, -0.25) is 0 Å². The van der Waals surface area contributed by atoms with E-state index < -0.39 is 5.54 Å². The van der Waals surface area contributed by atoms with Crippen LogP contribution in [0, 0.1) is 6.07 Å². The highest BCUT2D eigenvalue weighted by Crippen LogP contribution is 2.26. The van der Waals surface area contributed by atoms with Gasteiger partial charge >= 0.3 is 0 Å². The average molecular weight is 186 g/mol. The highest BCUT2D eigenvalue weighted by atomic mass is 14.7. The van der Waals surface area contributed by atoms with Crippen LogP contribution in [-0.2, 0) is 5.54 Å². The molecule has 0 aliphatic carbocycles. The molecule has 73 valence electrons. The van der Waals surface area contributed by atoms with Gasteiger partial charge < -0.3 is 5.73 Å². The van der Waals surface area contributed by atoms with E-state index in [0.717, 1.165) is 18.4 Å². The van der Waals surface area contributed by atoms with Crippen LogP contribution in [0.5, 0.6) is 0 Å². The zero-order chi connectivity index (χ0) is 10.4. The molecule has 14 heavy (non-hydrogen) atoms. The van der Waals surface area contributed by atoms with Crippen molar-refractivity contribution in [3.05, 3.63) is 61.2 Å². The first-order valence-corrected chi connectivity index (χ1v) is 4.71. The van der Waals surface area contributed by atoms with Crippen LogP contribution < -0.4 is 5.73 Å². The summed E-state index contributed by atoms with van der Waals surface area (Å²) in [7, 11) is 0. The van der Waals surface area contributed by atoms with Gasteiger partial charge in [0.25, 0.3) is 0 Å². The highest BCUT2D eigenvalue weighted by Gasteiger charge is 2.23. The molecule has 0 aliphatic rings. The predicted octanol–water partition coefficient (Wildman–Crippen LogP) is 2.79. The maximum atomic E-state index is 6.27. The molecule has 1 nitrogen and oxygen atoms in total. The van der Waals surface area contributed by atoms with Crippen molar-refractivity contribution in [2.24, 2.45) is 5.73 Å². The highest BCUT2D eigenvalue weighted by molar-refractivity contribution is 5.24. The van der Waals surface area contributed by atoms with Gasteiger partial charge in [-0.15, -0.1) is 13.2 Å². The van der Waals surface area contributed by atoms with E-state index in [0.29, 0.717) is 0 Å². The van der Waals surface area contributed by atoms with Crippen molar-refractivity contribution in [3.63, 3.8) is 0 Å². The fraction of sp³-hybridized carbons (Fsp3) is 0.231. The maximum Gasteiger partial charge on any atom is 0.0485 e. The Bertz CT molecular complexity index is 290. The van der Waals surface area contributed by atoms with Crippen LogP contribution >= 0.6 is 0 Å². The van der Waals surface area contributed by atoms with E-state index in [1.807, 2.05) is 36.4 Å². The minimum absolute atomic E-state index is 0.398. The fourth-order valence-electron chi connectivity index (χ4n) is 1.52. The smallest absolute Gasteiger partial charge is 0.0485 e. The Balaban J connectivity index is 2.98. The van der Waals surface area contributed by atoms with Crippen molar-refractivity contribution in [1.29, 1.82) is 0 Å². The Kier molecular flexibility index (Phi) is 3.66. The zero-order valence-electron chi connectivity index (χ0n) is 8.37. The van der Waals surface area contributed by atoms with E-state index in [1.54, 1.807) is 0 Å². The monoisotopic (exact) mass is 186 g/mol. The molecule has 0 aromatic heterocycles. The Labute approximate surface area is 85.9 Å². The topological polar surface area (TPSA) is 26.0 Å². The second-order valence-corrected chi connectivity index (χ2v) is 3.42. The Morgan fingerprint density at radius 2 is 1.93 bits per heavy atom. The molecule has 0 bridgehead atoms. The van der Waals surface area contributed by atoms with Gasteiger partial charge in [-0.25, -0.2) is 0 Å². The van der Waals surface area contributed by atoms with E-state index in [9.17, 15) is 0 Å². The summed E-state index contributed by atoms with van der Waals surface area (Å²) < 4.78 is 0. The van der Waals surface area contributed by atoms with Crippen LogP contribution in [0.1, 0.15) is 18.4 Å². The summed E-state index contributed by atoms with van der Waals surface area (Å²) in [5, 5.41) is 0. The van der Waals surface area contributed by atoms with E-state index in [-0.39, 0.29) is 0 Å². The lowest BCUT2D eigenvalue weighted by Gasteiger charge is -2.27. The summed E-state index contributed by atoms with van der Waals surface area (Å²) in [5.74, 6) is 0. The molecule has 1 aromatic carbocycles. The summed E-state index contributed by atoms with van der Waals surface area (Å²) in [6.45, 7) is 7.45. The van der Waals surface area contributed by atoms with Crippen molar-refractivity contribution in [2.45, 2.75) is 18.4 Å². The molecule has 0 unspecified atom stereocenters. The largest absolute Gasteiger partial charge is 0.321 e. The first kappa shape index (κ1) is 10.7. The lowest BCUT2D eigenvalue weighted by atomic mass is 9.85. The van der Waals surface area contributed by atoms with E-state index in [1.165, 1.54) is 0 Å². The van der Waals surface area contributed by atoms with E-state index >= 15 is 0 Å². The second-order valence-electron chi connectivity index (χ2n) is 3.42. The predicted molar refractivity (Wildman–Crippen MR) is 60.8 cm³/mol. The van der Waals surface area contributed by atoms with E-state index in [4.69, 9.17) is 5.73 Å². The Morgan fingerprint density at radius 1 is 1.29 bits per heavy atom. The molecule has 1 rings (SSSR count). The zero-order valence-corrected chi connectivity index (χ0v) is 8.37. The molecule has 1 heteroatoms. The lowest BCUT2D eigenvalue weighted by Crippen LogP contribution is -2.35. The van der Waals surface area contributed by atoms with Gasteiger partial charge in [-0.2, -0.15) is 0 Å². The van der Waals surface area contributed by atoms with Gasteiger partial charge in [-0.1, -0.05) is 36.4 Å². The standard InChI is InChI=1S/C13H16N/c1-3-10-13(14,11-4-2)12-8-6-5-7-9-12/h3-8H,1-2,10-11,14H2. The number of rotatable bonds is 5. The number of benzene rings is 1. The third-order valence-corrected chi connectivity index (χ3v) is 2.26. The van der Waals surface area contributed by atoms with Gasteiger partial charge in [0.1, 0.15) is 0 Å². The van der Waals surface area contributed by atoms with Crippen LogP contribution in [0.2, 0.25) is 0 Å². The van der Waals surface area contributed by atoms with Crippen molar-refractivity contribution < 1.29 is 0 Å². The summed E-state index contributed by atoms with van der Waals surface area (Å²) in [6.07, 6.45) is 5.15. The molecule has 0 aliphatic heterocycles. The average Bonchev–Trinajstić information content (AvgIpc) is 2.20. The van der Waals surface area contributed by atoms with Crippen LogP contribution in [-0.4, -0.2) is 0 Å². The molecule has 1 radical (unpaired) electrons. The molecule has 0 saturated carbocycles. The van der Waals surface area contributed by atoms with Crippen LogP contribution in [0.4, 0.5) is 0 Å². The molecular formula is C13H16N. The Hall–Kier alpha value is -1.34. The van der Waals surface area contributed by atoms with Crippen molar-refractivity contribution in [3.8, 4) is 0 Å². The molecule has 0 heterocycles. The summed E-state index contributed by atoms with van der Waals surface area (Å²) in [6, 6.07) is 10.9. The van der Waals surface area contributed by atoms with Gasteiger partial charge in [0.15, 0.2) is 0 Å². The molecule has 0 amide bonds. The van der Waals surface area contributed by atoms with Crippen molar-refractivity contribution >= 4 is 0 Å². The van der Waals surface area contributed by atoms with Gasteiger partial charge in [0.2, 0.25) is 0 Å². The second kappa shape index (κ2) is 4.77. The van der Waals surface area contributed by atoms with E-state index in [2.05, 4.69) is 19.2 Å². The van der Waals surface area contributed by atoms with Crippen LogP contribution in [0.15, 0.2) is 49.6 Å². The quantitative estimate of drug-likeness (QED) is 0.703. The number of nitrogens with two attached hydrogens (primary N) is 1. The molecule has 0 atom stereocenters. The Morgan fingerprint density at radius 3 is 2.36 bits per heavy atom. The first-order valence-electron chi connectivity index (χ1n) is 4.71. The molecule has 0 spiro atoms. The third kappa shape index (κ3) is 2.33. The van der Waals surface area contributed by atoms with Crippen LogP contribution in [0.25, 0.3) is 0 Å². The minimum Gasteiger partial charge on any atom is -0.321 e. The first-order chi connectivity index (χ1) is 6.73. The molecule has 2 N–H and O–H groups in total. The lowest BCUT2D eigenvalue weighted by molar-refractivity contribution is 0.456. The molecule has 0 saturated heterocycles. The third-order valence-electron chi connectivity index (χ3n) is 2.26. The number of hydrogen-bond acceptors (Lipinski definition) is 1. The molecule has 1 aromatic rings. The maximum absolute atomic E-state index is 6.27. The van der Waals surface area contributed by atoms with Crippen molar-refractivity contribution in [1.82, 2.24) is 0 Å². The van der Waals surface area contributed by atoms with Gasteiger partial charge in [0, 0.05) is 5.54 Å².